The Labute approximate surface area is 202 Å². The van der Waals surface area contributed by atoms with E-state index in [0.29, 0.717) is 12.4 Å². The molecular weight excluding hydrogens is 450 g/mol. The highest BCUT2D eigenvalue weighted by atomic mass is 16.5. The monoisotopic (exact) mass is 477 g/mol. The molecule has 1 unspecified atom stereocenters. The summed E-state index contributed by atoms with van der Waals surface area (Å²) in [6.45, 7) is 2.75. The predicted octanol–water partition coefficient (Wildman–Crippen LogP) is 2.69. The summed E-state index contributed by atoms with van der Waals surface area (Å²) in [5.74, 6) is -1.16. The van der Waals surface area contributed by atoms with E-state index in [1.54, 1.807) is 10.9 Å². The van der Waals surface area contributed by atoms with Gasteiger partial charge < -0.3 is 25.0 Å². The van der Waals surface area contributed by atoms with Crippen LogP contribution in [0.2, 0.25) is 0 Å². The fourth-order valence-electron chi connectivity index (χ4n) is 4.29. The van der Waals surface area contributed by atoms with Crippen LogP contribution in [0.25, 0.3) is 11.1 Å². The van der Waals surface area contributed by atoms with Gasteiger partial charge in [-0.2, -0.15) is 0 Å². The van der Waals surface area contributed by atoms with E-state index >= 15 is 0 Å². The summed E-state index contributed by atoms with van der Waals surface area (Å²) in [7, 11) is 0. The Kier molecular flexibility index (Phi) is 7.39. The Morgan fingerprint density at radius 2 is 1.74 bits per heavy atom. The van der Waals surface area contributed by atoms with Crippen molar-refractivity contribution in [2.24, 2.45) is 0 Å². The number of amides is 2. The van der Waals surface area contributed by atoms with Gasteiger partial charge in [0.05, 0.1) is 6.54 Å². The molecule has 2 amide bonds. The third-order valence-corrected chi connectivity index (χ3v) is 6.06. The van der Waals surface area contributed by atoms with Gasteiger partial charge >= 0.3 is 12.1 Å². The third kappa shape index (κ3) is 5.48. The summed E-state index contributed by atoms with van der Waals surface area (Å²) < 4.78 is 7.28. The zero-order valence-corrected chi connectivity index (χ0v) is 19.3. The molecule has 0 fully saturated rings. The summed E-state index contributed by atoms with van der Waals surface area (Å²) in [5.41, 5.74) is 4.36. The minimum absolute atomic E-state index is 0.0775. The van der Waals surface area contributed by atoms with Gasteiger partial charge in [-0.25, -0.2) is 4.79 Å². The molecule has 1 aromatic heterocycles. The minimum atomic E-state index is -1.07. The first kappa shape index (κ1) is 23.9. The van der Waals surface area contributed by atoms with Crippen molar-refractivity contribution in [1.82, 2.24) is 25.4 Å². The van der Waals surface area contributed by atoms with E-state index in [2.05, 4.69) is 20.8 Å². The minimum Gasteiger partial charge on any atom is -0.481 e. The molecule has 10 nitrogen and oxygen atoms in total. The van der Waals surface area contributed by atoms with Crippen LogP contribution in [0.1, 0.15) is 42.6 Å². The van der Waals surface area contributed by atoms with Gasteiger partial charge in [0.2, 0.25) is 5.91 Å². The number of alkyl carbamates (subject to hydrolysis) is 1. The van der Waals surface area contributed by atoms with Crippen LogP contribution in [-0.2, 0) is 27.4 Å². The number of hydrogen-bond acceptors (Lipinski definition) is 6. The van der Waals surface area contributed by atoms with Gasteiger partial charge in [0.15, 0.2) is 5.82 Å². The van der Waals surface area contributed by atoms with Crippen LogP contribution in [-0.4, -0.2) is 50.5 Å². The number of aromatic nitrogens is 3. The fraction of sp³-hybridized carbons (Fsp3) is 0.320. The first-order chi connectivity index (χ1) is 17.0. The van der Waals surface area contributed by atoms with Crippen molar-refractivity contribution < 1.29 is 24.2 Å². The zero-order chi connectivity index (χ0) is 24.8. The molecule has 3 N–H and O–H groups in total. The fourth-order valence-corrected chi connectivity index (χ4v) is 4.29. The van der Waals surface area contributed by atoms with Crippen molar-refractivity contribution in [1.29, 1.82) is 0 Å². The van der Waals surface area contributed by atoms with E-state index in [0.717, 1.165) is 22.3 Å². The SMILES string of the molecule is CCn1cnnc1CNC(=O)C(CCC(=O)O)NC(=O)OCC1c2ccccc2-c2ccccc21. The molecule has 1 heterocycles. The van der Waals surface area contributed by atoms with Crippen LogP contribution < -0.4 is 10.6 Å². The Bertz CT molecular complexity index is 1180. The lowest BCUT2D eigenvalue weighted by Gasteiger charge is -2.19. The molecule has 1 aliphatic rings. The Balaban J connectivity index is 1.39. The summed E-state index contributed by atoms with van der Waals surface area (Å²) in [4.78, 5) is 36.4. The maximum absolute atomic E-state index is 12.7. The van der Waals surface area contributed by atoms with Gasteiger partial charge in [0.25, 0.3) is 0 Å². The molecule has 182 valence electrons. The van der Waals surface area contributed by atoms with E-state index in [4.69, 9.17) is 9.84 Å². The first-order valence-corrected chi connectivity index (χ1v) is 11.5. The summed E-state index contributed by atoms with van der Waals surface area (Å²) in [6.07, 6.45) is 0.408. The number of aliphatic carboxylic acids is 1. The molecule has 10 heteroatoms. The van der Waals surface area contributed by atoms with E-state index in [1.165, 1.54) is 0 Å². The van der Waals surface area contributed by atoms with Gasteiger partial charge in [-0.3, -0.25) is 9.59 Å². The van der Waals surface area contributed by atoms with E-state index < -0.39 is 24.0 Å². The first-order valence-electron chi connectivity index (χ1n) is 11.5. The average molecular weight is 478 g/mol. The lowest BCUT2D eigenvalue weighted by atomic mass is 9.98. The number of nitrogens with one attached hydrogen (secondary N) is 2. The lowest BCUT2D eigenvalue weighted by Crippen LogP contribution is -2.47. The summed E-state index contributed by atoms with van der Waals surface area (Å²) >= 11 is 0. The smallest absolute Gasteiger partial charge is 0.407 e. The van der Waals surface area contributed by atoms with Crippen LogP contribution >= 0.6 is 0 Å². The highest BCUT2D eigenvalue weighted by Crippen LogP contribution is 2.44. The molecular formula is C25H27N5O5. The Morgan fingerprint density at radius 1 is 1.09 bits per heavy atom. The van der Waals surface area contributed by atoms with Crippen molar-refractivity contribution in [3.05, 3.63) is 71.8 Å². The summed E-state index contributed by atoms with van der Waals surface area (Å²) in [6, 6.07) is 14.9. The molecule has 4 rings (SSSR count). The molecule has 0 saturated heterocycles. The van der Waals surface area contributed by atoms with Crippen molar-refractivity contribution in [2.75, 3.05) is 6.61 Å². The second kappa shape index (κ2) is 10.8. The number of carbonyl (C=O) groups is 3. The number of benzene rings is 2. The highest BCUT2D eigenvalue weighted by molar-refractivity contribution is 5.86. The lowest BCUT2D eigenvalue weighted by molar-refractivity contribution is -0.137. The van der Waals surface area contributed by atoms with Gasteiger partial charge in [-0.15, -0.1) is 10.2 Å². The molecule has 0 saturated carbocycles. The number of carboxylic acid groups (broad SMARTS) is 1. The number of rotatable bonds is 10. The molecule has 1 atom stereocenters. The van der Waals surface area contributed by atoms with E-state index in [9.17, 15) is 14.4 Å². The zero-order valence-electron chi connectivity index (χ0n) is 19.3. The topological polar surface area (TPSA) is 135 Å². The molecule has 0 aliphatic heterocycles. The van der Waals surface area contributed by atoms with Gasteiger partial charge in [-0.05, 0) is 35.6 Å². The van der Waals surface area contributed by atoms with Crippen molar-refractivity contribution in [3.8, 4) is 11.1 Å². The number of nitrogens with zero attached hydrogens (tertiary/aromatic N) is 3. The number of fused-ring (bicyclic) bond motifs is 3. The van der Waals surface area contributed by atoms with Crippen molar-refractivity contribution >= 4 is 18.0 Å². The second-order valence-electron chi connectivity index (χ2n) is 8.21. The number of carbonyl (C=O) groups excluding carboxylic acids is 2. The molecule has 2 aromatic carbocycles. The van der Waals surface area contributed by atoms with Crippen LogP contribution in [0.5, 0.6) is 0 Å². The predicted molar refractivity (Wildman–Crippen MR) is 126 cm³/mol. The Hall–Kier alpha value is -4.21. The molecule has 1 aliphatic carbocycles. The summed E-state index contributed by atoms with van der Waals surface area (Å²) in [5, 5.41) is 22.0. The molecule has 0 radical (unpaired) electrons. The standard InChI is InChI=1S/C25H27N5O5/c1-2-30-15-27-29-22(30)13-26-24(33)21(11-12-23(31)32)28-25(34)35-14-20-18-9-5-3-7-16(18)17-8-4-6-10-19(17)20/h3-10,15,20-21H,2,11-14H2,1H3,(H,26,33)(H,28,34)(H,31,32). The molecule has 35 heavy (non-hydrogen) atoms. The largest absolute Gasteiger partial charge is 0.481 e. The normalized spacial score (nSPS) is 12.9. The number of carboxylic acids is 1. The van der Waals surface area contributed by atoms with Gasteiger partial charge in [0, 0.05) is 18.9 Å². The second-order valence-corrected chi connectivity index (χ2v) is 8.21. The quantitative estimate of drug-likeness (QED) is 0.408. The van der Waals surface area contributed by atoms with Crippen LogP contribution in [0.3, 0.4) is 0 Å². The highest BCUT2D eigenvalue weighted by Gasteiger charge is 2.30. The Morgan fingerprint density at radius 3 is 2.37 bits per heavy atom. The third-order valence-electron chi connectivity index (χ3n) is 6.06. The van der Waals surface area contributed by atoms with E-state index in [1.807, 2.05) is 55.5 Å². The number of hydrogen-bond donors (Lipinski definition) is 3. The van der Waals surface area contributed by atoms with Crippen molar-refractivity contribution in [3.63, 3.8) is 0 Å². The van der Waals surface area contributed by atoms with Crippen LogP contribution in [0.15, 0.2) is 54.9 Å². The van der Waals surface area contributed by atoms with Crippen LogP contribution in [0, 0.1) is 0 Å². The molecule has 0 bridgehead atoms. The van der Waals surface area contributed by atoms with Gasteiger partial charge in [-0.1, -0.05) is 48.5 Å². The molecule has 0 spiro atoms. The van der Waals surface area contributed by atoms with E-state index in [-0.39, 0.29) is 31.9 Å². The number of aryl methyl sites for hydroxylation is 1. The number of ether oxygens (including phenoxy) is 1. The van der Waals surface area contributed by atoms with Gasteiger partial charge in [0.1, 0.15) is 19.0 Å². The average Bonchev–Trinajstić information content (AvgIpc) is 3.45. The van der Waals surface area contributed by atoms with Crippen molar-refractivity contribution in [2.45, 2.75) is 44.8 Å². The maximum atomic E-state index is 12.7. The van der Waals surface area contributed by atoms with Crippen LogP contribution in [0.4, 0.5) is 4.79 Å². The maximum Gasteiger partial charge on any atom is 0.407 e. The molecule has 3 aromatic rings.